The molecule has 1 aromatic heterocycles. The monoisotopic (exact) mass is 516 g/mol. The van der Waals surface area contributed by atoms with Gasteiger partial charge in [0.1, 0.15) is 17.4 Å². The molecule has 0 spiro atoms. The van der Waals surface area contributed by atoms with E-state index in [9.17, 15) is 9.18 Å². The van der Waals surface area contributed by atoms with Crippen LogP contribution in [0.1, 0.15) is 44.3 Å². The van der Waals surface area contributed by atoms with Crippen LogP contribution < -0.4 is 4.74 Å². The molecule has 0 radical (unpaired) electrons. The first kappa shape index (κ1) is 26.0. The second kappa shape index (κ2) is 11.8. The standard InChI is InChI=1S/C34H29FN2O2/c1-3-28-29-15-10-20-36-32(29)34(39-33(25-11-6-4-7-12-25)26-13-8-5-9-14-26)31(23-38)30(28)22-37(2)21-24-16-18-27(35)19-17-24/h3-20,23,33H,1,21-22H2,2H3. The van der Waals surface area contributed by atoms with Gasteiger partial charge in [0.05, 0.1) is 5.56 Å². The van der Waals surface area contributed by atoms with Gasteiger partial charge in [0.25, 0.3) is 0 Å². The van der Waals surface area contributed by atoms with Gasteiger partial charge in [0, 0.05) is 24.7 Å². The second-order valence-electron chi connectivity index (χ2n) is 9.47. The molecule has 0 aliphatic rings. The molecule has 4 aromatic carbocycles. The van der Waals surface area contributed by atoms with Gasteiger partial charge in [-0.15, -0.1) is 0 Å². The highest BCUT2D eigenvalue weighted by Gasteiger charge is 2.25. The van der Waals surface area contributed by atoms with Gasteiger partial charge in [-0.05, 0) is 53.1 Å². The Morgan fingerprint density at radius 3 is 2.10 bits per heavy atom. The molecule has 1 heterocycles. The summed E-state index contributed by atoms with van der Waals surface area (Å²) in [5.74, 6) is 0.169. The lowest BCUT2D eigenvalue weighted by Gasteiger charge is -2.26. The van der Waals surface area contributed by atoms with E-state index in [2.05, 4.69) is 16.5 Å². The van der Waals surface area contributed by atoms with Crippen molar-refractivity contribution in [3.63, 3.8) is 0 Å². The van der Waals surface area contributed by atoms with Crippen molar-refractivity contribution in [2.24, 2.45) is 0 Å². The van der Waals surface area contributed by atoms with Crippen LogP contribution in [0.4, 0.5) is 4.39 Å². The minimum atomic E-state index is -0.448. The lowest BCUT2D eigenvalue weighted by molar-refractivity contribution is 0.111. The summed E-state index contributed by atoms with van der Waals surface area (Å²) >= 11 is 0. The Morgan fingerprint density at radius 2 is 1.51 bits per heavy atom. The minimum absolute atomic E-state index is 0.270. The van der Waals surface area contributed by atoms with E-state index >= 15 is 0 Å². The Kier molecular flexibility index (Phi) is 7.90. The van der Waals surface area contributed by atoms with Crippen LogP contribution in [0.15, 0.2) is 110 Å². The first-order valence-electron chi connectivity index (χ1n) is 12.8. The van der Waals surface area contributed by atoms with Crippen molar-refractivity contribution in [3.8, 4) is 5.75 Å². The molecule has 0 aliphatic heterocycles. The molecule has 194 valence electrons. The molecule has 39 heavy (non-hydrogen) atoms. The van der Waals surface area contributed by atoms with E-state index in [1.54, 1.807) is 24.4 Å². The van der Waals surface area contributed by atoms with Crippen molar-refractivity contribution in [1.29, 1.82) is 0 Å². The van der Waals surface area contributed by atoms with Crippen LogP contribution in [0, 0.1) is 5.82 Å². The van der Waals surface area contributed by atoms with Crippen molar-refractivity contribution in [2.45, 2.75) is 19.2 Å². The molecule has 5 rings (SSSR count). The van der Waals surface area contributed by atoms with E-state index < -0.39 is 6.10 Å². The maximum Gasteiger partial charge on any atom is 0.157 e. The molecule has 0 unspecified atom stereocenters. The molecule has 0 atom stereocenters. The smallest absolute Gasteiger partial charge is 0.157 e. The zero-order chi connectivity index (χ0) is 27.2. The Morgan fingerprint density at radius 1 is 0.872 bits per heavy atom. The van der Waals surface area contributed by atoms with Crippen molar-refractivity contribution < 1.29 is 13.9 Å². The summed E-state index contributed by atoms with van der Waals surface area (Å²) in [5.41, 5.74) is 5.60. The maximum atomic E-state index is 13.4. The molecule has 0 N–H and O–H groups in total. The number of aromatic nitrogens is 1. The molecule has 4 nitrogen and oxygen atoms in total. The summed E-state index contributed by atoms with van der Waals surface area (Å²) in [6.45, 7) is 5.09. The zero-order valence-corrected chi connectivity index (χ0v) is 21.8. The van der Waals surface area contributed by atoms with E-state index in [0.717, 1.165) is 39.5 Å². The van der Waals surface area contributed by atoms with Gasteiger partial charge in [-0.1, -0.05) is 91.5 Å². The quantitative estimate of drug-likeness (QED) is 0.179. The van der Waals surface area contributed by atoms with Gasteiger partial charge in [0.2, 0.25) is 0 Å². The van der Waals surface area contributed by atoms with Crippen molar-refractivity contribution in [1.82, 2.24) is 9.88 Å². The van der Waals surface area contributed by atoms with Crippen LogP contribution in [-0.2, 0) is 13.1 Å². The van der Waals surface area contributed by atoms with Gasteiger partial charge in [-0.2, -0.15) is 0 Å². The third kappa shape index (κ3) is 5.64. The zero-order valence-electron chi connectivity index (χ0n) is 21.8. The number of aldehydes is 1. The highest BCUT2D eigenvalue weighted by Crippen LogP contribution is 2.39. The summed E-state index contributed by atoms with van der Waals surface area (Å²) in [5, 5.41) is 0.859. The topological polar surface area (TPSA) is 42.4 Å². The number of fused-ring (bicyclic) bond motifs is 1. The van der Waals surface area contributed by atoms with Crippen LogP contribution >= 0.6 is 0 Å². The van der Waals surface area contributed by atoms with E-state index in [1.807, 2.05) is 79.8 Å². The predicted molar refractivity (Wildman–Crippen MR) is 154 cm³/mol. The number of hydrogen-bond donors (Lipinski definition) is 0. The van der Waals surface area contributed by atoms with E-state index in [1.165, 1.54) is 12.1 Å². The second-order valence-corrected chi connectivity index (χ2v) is 9.47. The average molecular weight is 517 g/mol. The Labute approximate surface area is 228 Å². The first-order valence-corrected chi connectivity index (χ1v) is 12.8. The third-order valence-corrected chi connectivity index (χ3v) is 6.76. The fourth-order valence-corrected chi connectivity index (χ4v) is 4.95. The Bertz CT molecular complexity index is 1550. The maximum absolute atomic E-state index is 13.4. The molecule has 5 heteroatoms. The lowest BCUT2D eigenvalue weighted by Crippen LogP contribution is -2.20. The number of halogens is 1. The molecule has 0 saturated carbocycles. The van der Waals surface area contributed by atoms with Gasteiger partial charge >= 0.3 is 0 Å². The van der Waals surface area contributed by atoms with Crippen LogP contribution in [0.2, 0.25) is 0 Å². The van der Waals surface area contributed by atoms with Gasteiger partial charge in [-0.3, -0.25) is 14.7 Å². The van der Waals surface area contributed by atoms with Gasteiger partial charge < -0.3 is 4.74 Å². The molecule has 0 bridgehead atoms. The number of hydrogen-bond acceptors (Lipinski definition) is 4. The summed E-state index contributed by atoms with van der Waals surface area (Å²) in [4.78, 5) is 19.5. The van der Waals surface area contributed by atoms with Crippen molar-refractivity contribution in [2.75, 3.05) is 7.05 Å². The fourth-order valence-electron chi connectivity index (χ4n) is 4.95. The van der Waals surface area contributed by atoms with E-state index in [0.29, 0.717) is 29.9 Å². The Balaban J connectivity index is 1.63. The predicted octanol–water partition coefficient (Wildman–Crippen LogP) is 7.63. The van der Waals surface area contributed by atoms with Gasteiger partial charge in [-0.25, -0.2) is 4.39 Å². The van der Waals surface area contributed by atoms with Crippen LogP contribution in [0.3, 0.4) is 0 Å². The van der Waals surface area contributed by atoms with Crippen LogP contribution in [-0.4, -0.2) is 23.2 Å². The Hall–Kier alpha value is -4.61. The largest absolute Gasteiger partial charge is 0.478 e. The highest BCUT2D eigenvalue weighted by molar-refractivity contribution is 6.01. The minimum Gasteiger partial charge on any atom is -0.478 e. The molecule has 0 fully saturated rings. The first-order chi connectivity index (χ1) is 19.1. The number of nitrogens with zero attached hydrogens (tertiary/aromatic N) is 2. The fraction of sp³-hybridized carbons (Fsp3) is 0.118. The summed E-state index contributed by atoms with van der Waals surface area (Å²) in [6.07, 6.45) is 3.88. The van der Waals surface area contributed by atoms with Crippen LogP contribution in [0.25, 0.3) is 17.0 Å². The van der Waals surface area contributed by atoms with E-state index in [4.69, 9.17) is 4.74 Å². The molecule has 0 aliphatic carbocycles. The normalized spacial score (nSPS) is 11.2. The average Bonchev–Trinajstić information content (AvgIpc) is 2.98. The lowest BCUT2D eigenvalue weighted by atomic mass is 9.94. The van der Waals surface area contributed by atoms with Crippen molar-refractivity contribution in [3.05, 3.63) is 149 Å². The molecule has 5 aromatic rings. The summed E-state index contributed by atoms with van der Waals surface area (Å²) in [6, 6.07) is 30.2. The van der Waals surface area contributed by atoms with E-state index in [-0.39, 0.29) is 5.82 Å². The van der Waals surface area contributed by atoms with Crippen molar-refractivity contribution >= 4 is 23.3 Å². The molecular formula is C34H29FN2O2. The summed E-state index contributed by atoms with van der Waals surface area (Å²) < 4.78 is 20.2. The van der Waals surface area contributed by atoms with Crippen LogP contribution in [0.5, 0.6) is 5.75 Å². The number of carbonyl (C=O) groups is 1. The highest BCUT2D eigenvalue weighted by atomic mass is 19.1. The molecule has 0 amide bonds. The number of pyridine rings is 1. The third-order valence-electron chi connectivity index (χ3n) is 6.76. The number of benzene rings is 4. The summed E-state index contributed by atoms with van der Waals surface area (Å²) in [7, 11) is 1.97. The van der Waals surface area contributed by atoms with Gasteiger partial charge in [0.15, 0.2) is 12.0 Å². The molecular weight excluding hydrogens is 487 g/mol. The number of ether oxygens (including phenoxy) is 1. The SMILES string of the molecule is C=Cc1c(CN(C)Cc2ccc(F)cc2)c(C=O)c(OC(c2ccccc2)c2ccccc2)c2ncccc12. The molecule has 0 saturated heterocycles. The number of rotatable bonds is 10. The number of carbonyl (C=O) groups excluding carboxylic acids is 1.